The summed E-state index contributed by atoms with van der Waals surface area (Å²) in [6.45, 7) is 16.9. The third-order valence-corrected chi connectivity index (χ3v) is 4.92. The van der Waals surface area contributed by atoms with Crippen molar-refractivity contribution in [3.63, 3.8) is 0 Å². The van der Waals surface area contributed by atoms with Crippen LogP contribution in [0.2, 0.25) is 19.6 Å². The molecule has 1 aliphatic rings. The zero-order valence-corrected chi connectivity index (χ0v) is 16.7. The van der Waals surface area contributed by atoms with E-state index in [9.17, 15) is 4.79 Å². The Kier molecular flexibility index (Phi) is 4.28. The summed E-state index contributed by atoms with van der Waals surface area (Å²) in [6.07, 6.45) is 0.912. The molecule has 0 aromatic heterocycles. The van der Waals surface area contributed by atoms with Crippen LogP contribution in [0, 0.1) is 11.5 Å². The molecule has 1 aliphatic heterocycles. The minimum atomic E-state index is -1.50. The molecule has 0 unspecified atom stereocenters. The largest absolute Gasteiger partial charge is 0.486 e. The van der Waals surface area contributed by atoms with Gasteiger partial charge in [-0.15, -0.1) is 5.54 Å². The molecule has 23 heavy (non-hydrogen) atoms. The molecular weight excluding hydrogens is 300 g/mol. The van der Waals surface area contributed by atoms with Gasteiger partial charge < -0.3 is 4.74 Å². The fourth-order valence-corrected chi connectivity index (χ4v) is 3.77. The van der Waals surface area contributed by atoms with Crippen molar-refractivity contribution >= 4 is 13.9 Å². The van der Waals surface area contributed by atoms with E-state index >= 15 is 0 Å². The van der Waals surface area contributed by atoms with Crippen LogP contribution in [0.4, 0.5) is 0 Å². The second kappa shape index (κ2) is 5.53. The summed E-state index contributed by atoms with van der Waals surface area (Å²) in [4.78, 5) is 11.9. The maximum Gasteiger partial charge on any atom is 0.159 e. The molecule has 2 nitrogen and oxygen atoms in total. The van der Waals surface area contributed by atoms with Crippen molar-refractivity contribution in [3.05, 3.63) is 28.8 Å². The molecule has 3 heteroatoms. The van der Waals surface area contributed by atoms with Gasteiger partial charge >= 0.3 is 0 Å². The summed E-state index contributed by atoms with van der Waals surface area (Å²) in [5.41, 5.74) is 5.81. The molecule has 0 amide bonds. The molecule has 1 heterocycles. The van der Waals surface area contributed by atoms with E-state index in [4.69, 9.17) is 4.74 Å². The molecule has 0 N–H and O–H groups in total. The van der Waals surface area contributed by atoms with Crippen LogP contribution < -0.4 is 4.74 Å². The van der Waals surface area contributed by atoms with Gasteiger partial charge in [0.2, 0.25) is 0 Å². The van der Waals surface area contributed by atoms with E-state index in [0.717, 1.165) is 28.9 Å². The second-order valence-electron chi connectivity index (χ2n) is 8.88. The van der Waals surface area contributed by atoms with Crippen LogP contribution in [0.1, 0.15) is 62.5 Å². The van der Waals surface area contributed by atoms with Crippen molar-refractivity contribution in [2.24, 2.45) is 0 Å². The van der Waals surface area contributed by atoms with E-state index in [1.165, 1.54) is 0 Å². The zero-order valence-electron chi connectivity index (χ0n) is 15.7. The fourth-order valence-electron chi connectivity index (χ4n) is 3.26. The molecule has 1 aromatic rings. The minimum Gasteiger partial charge on any atom is -0.486 e. The number of rotatable bonds is 1. The van der Waals surface area contributed by atoms with Crippen LogP contribution in [0.3, 0.4) is 0 Å². The normalized spacial score (nSPS) is 18.3. The lowest BCUT2D eigenvalue weighted by molar-refractivity contribution is 0.0530. The highest BCUT2D eigenvalue weighted by Crippen LogP contribution is 2.46. The average molecular weight is 329 g/mol. The summed E-state index contributed by atoms with van der Waals surface area (Å²) in [5, 5.41) is 0. The van der Waals surface area contributed by atoms with Crippen molar-refractivity contribution in [1.82, 2.24) is 0 Å². The molecule has 0 saturated heterocycles. The number of ether oxygens (including phenoxy) is 1. The quantitative estimate of drug-likeness (QED) is 0.414. The molecule has 0 fully saturated rings. The molecular formula is C20H28O2Si. The first-order valence-corrected chi connectivity index (χ1v) is 11.7. The standard InChI is InChI=1S/C20H28O2Si/c1-14(21)16-11-15(9-10-23(6,7)8)18-17(12-16)19(2,3)13-20(4,5)22-18/h11-12H,13H2,1-8H3. The van der Waals surface area contributed by atoms with Crippen molar-refractivity contribution in [2.75, 3.05) is 0 Å². The first kappa shape index (κ1) is 17.8. The van der Waals surface area contributed by atoms with Crippen molar-refractivity contribution in [1.29, 1.82) is 0 Å². The fraction of sp³-hybridized carbons (Fsp3) is 0.550. The lowest BCUT2D eigenvalue weighted by atomic mass is 9.72. The van der Waals surface area contributed by atoms with Crippen LogP contribution in [-0.4, -0.2) is 19.5 Å². The number of carbonyl (C=O) groups is 1. The summed E-state index contributed by atoms with van der Waals surface area (Å²) < 4.78 is 6.29. The number of carbonyl (C=O) groups excluding carboxylic acids is 1. The smallest absolute Gasteiger partial charge is 0.159 e. The molecule has 2 rings (SSSR count). The van der Waals surface area contributed by atoms with Gasteiger partial charge in [0.15, 0.2) is 5.78 Å². The number of hydrogen-bond acceptors (Lipinski definition) is 2. The van der Waals surface area contributed by atoms with Gasteiger partial charge in [-0.25, -0.2) is 0 Å². The Morgan fingerprint density at radius 3 is 2.30 bits per heavy atom. The monoisotopic (exact) mass is 328 g/mol. The van der Waals surface area contributed by atoms with Gasteiger partial charge in [0, 0.05) is 11.1 Å². The Bertz CT molecular complexity index is 710. The third kappa shape index (κ3) is 4.06. The Balaban J connectivity index is 2.73. The van der Waals surface area contributed by atoms with Crippen LogP contribution in [0.5, 0.6) is 5.75 Å². The second-order valence-corrected chi connectivity index (χ2v) is 13.6. The molecule has 1 aromatic carbocycles. The van der Waals surface area contributed by atoms with Crippen molar-refractivity contribution < 1.29 is 9.53 Å². The van der Waals surface area contributed by atoms with Crippen LogP contribution in [-0.2, 0) is 5.41 Å². The highest BCUT2D eigenvalue weighted by atomic mass is 28.3. The van der Waals surface area contributed by atoms with Gasteiger partial charge in [-0.05, 0) is 44.7 Å². The number of Topliss-reactive ketones (excluding diaryl/α,β-unsaturated/α-hetero) is 1. The minimum absolute atomic E-state index is 0.0435. The predicted molar refractivity (Wildman–Crippen MR) is 99.0 cm³/mol. The molecule has 0 spiro atoms. The van der Waals surface area contributed by atoms with E-state index in [2.05, 4.69) is 58.8 Å². The van der Waals surface area contributed by atoms with E-state index in [-0.39, 0.29) is 16.8 Å². The van der Waals surface area contributed by atoms with Gasteiger partial charge in [0.25, 0.3) is 0 Å². The Hall–Kier alpha value is -1.53. The molecule has 124 valence electrons. The van der Waals surface area contributed by atoms with E-state index < -0.39 is 8.07 Å². The lowest BCUT2D eigenvalue weighted by Crippen LogP contribution is -2.41. The Labute approximate surface area is 141 Å². The molecule has 0 aliphatic carbocycles. The topological polar surface area (TPSA) is 26.3 Å². The predicted octanol–water partition coefficient (Wildman–Crippen LogP) is 4.96. The first-order valence-electron chi connectivity index (χ1n) is 8.22. The van der Waals surface area contributed by atoms with E-state index in [1.54, 1.807) is 6.92 Å². The van der Waals surface area contributed by atoms with Crippen LogP contribution in [0.25, 0.3) is 0 Å². The molecule has 0 atom stereocenters. The number of hydrogen-bond donors (Lipinski definition) is 0. The zero-order chi connectivity index (χ0) is 17.6. The Morgan fingerprint density at radius 2 is 1.78 bits per heavy atom. The maximum atomic E-state index is 11.9. The van der Waals surface area contributed by atoms with E-state index in [0.29, 0.717) is 0 Å². The van der Waals surface area contributed by atoms with E-state index in [1.807, 2.05) is 12.1 Å². The summed E-state index contributed by atoms with van der Waals surface area (Å²) in [5.74, 6) is 4.25. The number of benzene rings is 1. The maximum absolute atomic E-state index is 11.9. The number of ketones is 1. The summed E-state index contributed by atoms with van der Waals surface area (Å²) in [6, 6.07) is 3.89. The third-order valence-electron chi connectivity index (χ3n) is 4.04. The average Bonchev–Trinajstić information content (AvgIpc) is 2.32. The van der Waals surface area contributed by atoms with Gasteiger partial charge in [-0.1, -0.05) is 39.4 Å². The number of fused-ring (bicyclic) bond motifs is 1. The molecule has 0 bridgehead atoms. The summed E-state index contributed by atoms with van der Waals surface area (Å²) in [7, 11) is -1.50. The highest BCUT2D eigenvalue weighted by molar-refractivity contribution is 6.83. The molecule has 0 radical (unpaired) electrons. The molecule has 0 saturated carbocycles. The van der Waals surface area contributed by atoms with Crippen LogP contribution in [0.15, 0.2) is 12.1 Å². The van der Waals surface area contributed by atoms with Gasteiger partial charge in [-0.3, -0.25) is 4.79 Å². The van der Waals surface area contributed by atoms with Crippen molar-refractivity contribution in [2.45, 2.75) is 71.7 Å². The Morgan fingerprint density at radius 1 is 1.17 bits per heavy atom. The van der Waals surface area contributed by atoms with Crippen LogP contribution >= 0.6 is 0 Å². The van der Waals surface area contributed by atoms with Gasteiger partial charge in [0.05, 0.1) is 5.56 Å². The lowest BCUT2D eigenvalue weighted by Gasteiger charge is -2.43. The van der Waals surface area contributed by atoms with Crippen molar-refractivity contribution in [3.8, 4) is 17.2 Å². The first-order chi connectivity index (χ1) is 10.3. The van der Waals surface area contributed by atoms with Gasteiger partial charge in [-0.2, -0.15) is 0 Å². The van der Waals surface area contributed by atoms with Gasteiger partial charge in [0.1, 0.15) is 19.4 Å². The SMILES string of the molecule is CC(=O)c1cc(C#C[Si](C)(C)C)c2c(c1)C(C)(C)CC(C)(C)O2. The summed E-state index contributed by atoms with van der Waals surface area (Å²) >= 11 is 0. The highest BCUT2D eigenvalue weighted by Gasteiger charge is 2.40.